The molecule has 1 saturated heterocycles. The zero-order chi connectivity index (χ0) is 17.8. The Hall–Kier alpha value is -2.61. The van der Waals surface area contributed by atoms with Gasteiger partial charge in [-0.25, -0.2) is 9.78 Å². The molecule has 0 spiro atoms. The lowest BCUT2D eigenvalue weighted by molar-refractivity contribution is 0.0529. The number of rotatable bonds is 4. The molecule has 1 fully saturated rings. The van der Waals surface area contributed by atoms with Crippen LogP contribution in [0.25, 0.3) is 0 Å². The maximum absolute atomic E-state index is 12.0. The first-order valence-corrected chi connectivity index (χ1v) is 8.38. The van der Waals surface area contributed by atoms with Crippen molar-refractivity contribution in [3.8, 4) is 0 Å². The topological polar surface area (TPSA) is 84.3 Å². The molecule has 134 valence electrons. The van der Waals surface area contributed by atoms with Gasteiger partial charge in [-0.3, -0.25) is 10.00 Å². The number of carbonyl (C=O) groups excluding carboxylic acids is 1. The molecular weight excluding hydrogens is 320 g/mol. The minimum absolute atomic E-state index is 0.219. The Morgan fingerprint density at radius 2 is 2.28 bits per heavy atom. The van der Waals surface area contributed by atoms with Gasteiger partial charge in [0.2, 0.25) is 0 Å². The van der Waals surface area contributed by atoms with Crippen LogP contribution in [0.3, 0.4) is 0 Å². The number of aryl methyl sites for hydroxylation is 2. The molecule has 1 aliphatic rings. The van der Waals surface area contributed by atoms with E-state index in [9.17, 15) is 4.79 Å². The molecular formula is C17H24N6O2. The summed E-state index contributed by atoms with van der Waals surface area (Å²) in [6.45, 7) is 6.77. The Balaban J connectivity index is 1.51. The number of hydrogen-bond donors (Lipinski definition) is 2. The zero-order valence-corrected chi connectivity index (χ0v) is 14.8. The van der Waals surface area contributed by atoms with Crippen LogP contribution in [0.2, 0.25) is 0 Å². The highest BCUT2D eigenvalue weighted by molar-refractivity contribution is 5.88. The molecule has 0 aromatic carbocycles. The first-order valence-electron chi connectivity index (χ1n) is 8.38. The number of pyridine rings is 1. The van der Waals surface area contributed by atoms with E-state index in [1.807, 2.05) is 25.1 Å². The van der Waals surface area contributed by atoms with Crippen LogP contribution in [0.15, 0.2) is 24.4 Å². The fourth-order valence-electron chi connectivity index (χ4n) is 2.81. The van der Waals surface area contributed by atoms with Gasteiger partial charge in [0.1, 0.15) is 11.6 Å². The van der Waals surface area contributed by atoms with Crippen LogP contribution in [0, 0.1) is 6.92 Å². The van der Waals surface area contributed by atoms with E-state index in [0.29, 0.717) is 12.4 Å². The lowest BCUT2D eigenvalue weighted by Crippen LogP contribution is -2.41. The fourth-order valence-corrected chi connectivity index (χ4v) is 2.81. The molecule has 0 bridgehead atoms. The summed E-state index contributed by atoms with van der Waals surface area (Å²) < 4.78 is 7.18. The molecule has 0 saturated carbocycles. The van der Waals surface area contributed by atoms with Crippen molar-refractivity contribution in [3.63, 3.8) is 0 Å². The number of urea groups is 1. The number of ether oxygens (including phenoxy) is 1. The summed E-state index contributed by atoms with van der Waals surface area (Å²) in [6, 6.07) is 5.52. The van der Waals surface area contributed by atoms with Gasteiger partial charge in [0.25, 0.3) is 0 Å². The summed E-state index contributed by atoms with van der Waals surface area (Å²) >= 11 is 0. The number of nitrogens with zero attached hydrogens (tertiary/aromatic N) is 4. The van der Waals surface area contributed by atoms with Crippen molar-refractivity contribution in [3.05, 3.63) is 35.7 Å². The van der Waals surface area contributed by atoms with Crippen LogP contribution < -0.4 is 15.5 Å². The molecule has 0 radical (unpaired) electrons. The molecule has 8 nitrogen and oxygen atoms in total. The highest BCUT2D eigenvalue weighted by Gasteiger charge is 2.17. The van der Waals surface area contributed by atoms with Crippen LogP contribution in [-0.2, 0) is 18.3 Å². The van der Waals surface area contributed by atoms with Crippen molar-refractivity contribution in [2.45, 2.75) is 26.5 Å². The van der Waals surface area contributed by atoms with Crippen LogP contribution in [-0.4, -0.2) is 46.6 Å². The van der Waals surface area contributed by atoms with Crippen molar-refractivity contribution < 1.29 is 9.53 Å². The number of morpholine rings is 1. The quantitative estimate of drug-likeness (QED) is 0.881. The average Bonchev–Trinajstić information content (AvgIpc) is 2.90. The first-order chi connectivity index (χ1) is 12.0. The molecule has 0 aliphatic carbocycles. The number of hydrogen-bond acceptors (Lipinski definition) is 5. The van der Waals surface area contributed by atoms with Crippen LogP contribution in [0.5, 0.6) is 0 Å². The predicted molar refractivity (Wildman–Crippen MR) is 95.7 cm³/mol. The van der Waals surface area contributed by atoms with E-state index in [2.05, 4.69) is 32.5 Å². The van der Waals surface area contributed by atoms with Crippen molar-refractivity contribution in [2.24, 2.45) is 7.05 Å². The Morgan fingerprint density at radius 1 is 1.44 bits per heavy atom. The molecule has 2 aromatic rings. The summed E-state index contributed by atoms with van der Waals surface area (Å²) in [5.41, 5.74) is 1.80. The lowest BCUT2D eigenvalue weighted by atomic mass is 10.2. The largest absolute Gasteiger partial charge is 0.375 e. The Morgan fingerprint density at radius 3 is 2.92 bits per heavy atom. The highest BCUT2D eigenvalue weighted by Crippen LogP contribution is 2.15. The minimum Gasteiger partial charge on any atom is -0.375 e. The summed E-state index contributed by atoms with van der Waals surface area (Å²) in [6.07, 6.45) is 2.01. The van der Waals surface area contributed by atoms with E-state index in [0.717, 1.165) is 36.8 Å². The summed E-state index contributed by atoms with van der Waals surface area (Å²) in [5.74, 6) is 1.60. The van der Waals surface area contributed by atoms with Gasteiger partial charge in [-0.1, -0.05) is 6.07 Å². The van der Waals surface area contributed by atoms with Gasteiger partial charge >= 0.3 is 6.03 Å². The standard InChI is InChI=1S/C17H24N6O2/c1-12-8-16(22(3)21-12)20-17(24)19-10-14-4-5-15(18-9-14)23-6-7-25-13(2)11-23/h4-5,8-9,13H,6-7,10-11H2,1-3H3,(H2,19,20,24)/t13-/m0/s1. The lowest BCUT2D eigenvalue weighted by Gasteiger charge is -2.32. The van der Waals surface area contributed by atoms with E-state index in [-0.39, 0.29) is 12.1 Å². The Kier molecular flexibility index (Phi) is 5.18. The first kappa shape index (κ1) is 17.2. The molecule has 3 heterocycles. The number of carbonyl (C=O) groups is 1. The average molecular weight is 344 g/mol. The van der Waals surface area contributed by atoms with Crippen LogP contribution in [0.1, 0.15) is 18.2 Å². The summed E-state index contributed by atoms with van der Waals surface area (Å²) in [7, 11) is 1.79. The third-order valence-corrected chi connectivity index (χ3v) is 4.07. The van der Waals surface area contributed by atoms with Crippen molar-refractivity contribution in [2.75, 3.05) is 29.9 Å². The second-order valence-corrected chi connectivity index (χ2v) is 6.25. The van der Waals surface area contributed by atoms with Crippen molar-refractivity contribution in [1.29, 1.82) is 0 Å². The smallest absolute Gasteiger partial charge is 0.320 e. The minimum atomic E-state index is -0.269. The van der Waals surface area contributed by atoms with Crippen LogP contribution >= 0.6 is 0 Å². The van der Waals surface area contributed by atoms with Gasteiger partial charge in [-0.2, -0.15) is 5.10 Å². The molecule has 1 atom stereocenters. The molecule has 2 N–H and O–H groups in total. The highest BCUT2D eigenvalue weighted by atomic mass is 16.5. The summed E-state index contributed by atoms with van der Waals surface area (Å²) in [5, 5.41) is 9.79. The molecule has 3 rings (SSSR count). The van der Waals surface area contributed by atoms with E-state index in [1.165, 1.54) is 0 Å². The molecule has 25 heavy (non-hydrogen) atoms. The molecule has 2 amide bonds. The van der Waals surface area contributed by atoms with Crippen molar-refractivity contribution >= 4 is 17.7 Å². The van der Waals surface area contributed by atoms with E-state index < -0.39 is 0 Å². The molecule has 1 aliphatic heterocycles. The number of anilines is 2. The number of nitrogens with one attached hydrogen (secondary N) is 2. The van der Waals surface area contributed by atoms with Crippen LogP contribution in [0.4, 0.5) is 16.4 Å². The van der Waals surface area contributed by atoms with E-state index >= 15 is 0 Å². The van der Waals surface area contributed by atoms with Gasteiger partial charge < -0.3 is 15.0 Å². The SMILES string of the molecule is Cc1cc(NC(=O)NCc2ccc(N3CCO[C@@H](C)C3)nc2)n(C)n1. The van der Waals surface area contributed by atoms with Gasteiger partial charge in [0.05, 0.1) is 18.4 Å². The Bertz CT molecular complexity index is 727. The second-order valence-electron chi connectivity index (χ2n) is 6.25. The van der Waals surface area contributed by atoms with Gasteiger partial charge in [-0.05, 0) is 25.5 Å². The van der Waals surface area contributed by atoms with E-state index in [4.69, 9.17) is 4.74 Å². The molecule has 8 heteroatoms. The van der Waals surface area contributed by atoms with Gasteiger partial charge in [0, 0.05) is 38.9 Å². The maximum atomic E-state index is 12.0. The normalized spacial score (nSPS) is 17.4. The van der Waals surface area contributed by atoms with E-state index in [1.54, 1.807) is 17.9 Å². The van der Waals surface area contributed by atoms with Gasteiger partial charge in [-0.15, -0.1) is 0 Å². The zero-order valence-electron chi connectivity index (χ0n) is 14.8. The third-order valence-electron chi connectivity index (χ3n) is 4.07. The Labute approximate surface area is 147 Å². The monoisotopic (exact) mass is 344 g/mol. The number of amides is 2. The fraction of sp³-hybridized carbons (Fsp3) is 0.471. The predicted octanol–water partition coefficient (Wildman–Crippen LogP) is 1.67. The number of aromatic nitrogens is 3. The molecule has 2 aromatic heterocycles. The maximum Gasteiger partial charge on any atom is 0.320 e. The van der Waals surface area contributed by atoms with Crippen molar-refractivity contribution in [1.82, 2.24) is 20.1 Å². The second kappa shape index (κ2) is 7.52. The summed E-state index contributed by atoms with van der Waals surface area (Å²) in [4.78, 5) is 18.7. The van der Waals surface area contributed by atoms with Gasteiger partial charge in [0.15, 0.2) is 0 Å². The molecule has 0 unspecified atom stereocenters. The third kappa shape index (κ3) is 4.48.